The van der Waals surface area contributed by atoms with E-state index in [1.165, 1.54) is 18.2 Å². The van der Waals surface area contributed by atoms with Gasteiger partial charge in [-0.2, -0.15) is 0 Å². The third kappa shape index (κ3) is 3.12. The summed E-state index contributed by atoms with van der Waals surface area (Å²) in [5, 5.41) is 6.41. The molecule has 2 N–H and O–H groups in total. The summed E-state index contributed by atoms with van der Waals surface area (Å²) in [7, 11) is 0. The summed E-state index contributed by atoms with van der Waals surface area (Å²) in [5.74, 6) is -0.380. The van der Waals surface area contributed by atoms with Crippen molar-refractivity contribution in [2.24, 2.45) is 0 Å². The minimum Gasteiger partial charge on any atom is -0.363 e. The molecule has 1 aromatic carbocycles. The first kappa shape index (κ1) is 11.2. The van der Waals surface area contributed by atoms with Crippen LogP contribution >= 0.6 is 23.8 Å². The summed E-state index contributed by atoms with van der Waals surface area (Å²) in [6.45, 7) is 2.59. The van der Waals surface area contributed by atoms with E-state index in [1.54, 1.807) is 0 Å². The number of thiocarbonyl (C=S) groups is 1. The zero-order valence-electron chi connectivity index (χ0n) is 7.60. The van der Waals surface area contributed by atoms with Gasteiger partial charge in [0.25, 0.3) is 0 Å². The van der Waals surface area contributed by atoms with Crippen LogP contribution in [0.2, 0.25) is 5.02 Å². The summed E-state index contributed by atoms with van der Waals surface area (Å²) in [6, 6.07) is 4.26. The average Bonchev–Trinajstić information content (AvgIpc) is 2.12. The lowest BCUT2D eigenvalue weighted by molar-refractivity contribution is 0.632. The van der Waals surface area contributed by atoms with Crippen LogP contribution in [0.5, 0.6) is 0 Å². The SMILES string of the molecule is CCNC(=S)Nc1cc(Cl)ccc1F. The molecule has 0 spiro atoms. The van der Waals surface area contributed by atoms with Gasteiger partial charge in [-0.25, -0.2) is 4.39 Å². The molecule has 0 aliphatic carbocycles. The second kappa shape index (κ2) is 5.12. The predicted molar refractivity (Wildman–Crippen MR) is 61.3 cm³/mol. The minimum atomic E-state index is -0.380. The fourth-order valence-electron chi connectivity index (χ4n) is 0.920. The topological polar surface area (TPSA) is 24.1 Å². The molecule has 0 aliphatic heterocycles. The molecule has 0 atom stereocenters. The highest BCUT2D eigenvalue weighted by atomic mass is 35.5. The molecule has 0 saturated carbocycles. The van der Waals surface area contributed by atoms with Gasteiger partial charge in [0.2, 0.25) is 0 Å². The van der Waals surface area contributed by atoms with Crippen LogP contribution in [-0.4, -0.2) is 11.7 Å². The predicted octanol–water partition coefficient (Wildman–Crippen LogP) is 2.79. The van der Waals surface area contributed by atoms with Crippen LogP contribution in [0.3, 0.4) is 0 Å². The number of hydrogen-bond acceptors (Lipinski definition) is 1. The largest absolute Gasteiger partial charge is 0.363 e. The summed E-state index contributed by atoms with van der Waals surface area (Å²) < 4.78 is 13.2. The Morgan fingerprint density at radius 1 is 1.57 bits per heavy atom. The molecular weight excluding hydrogens is 223 g/mol. The standard InChI is InChI=1S/C9H10ClFN2S/c1-2-12-9(14)13-8-5-6(10)3-4-7(8)11/h3-5H,2H2,1H3,(H2,12,13,14). The van der Waals surface area contributed by atoms with Gasteiger partial charge in [0.05, 0.1) is 5.69 Å². The van der Waals surface area contributed by atoms with E-state index in [0.29, 0.717) is 16.7 Å². The Morgan fingerprint density at radius 3 is 2.93 bits per heavy atom. The second-order valence-electron chi connectivity index (χ2n) is 2.61. The maximum Gasteiger partial charge on any atom is 0.170 e. The maximum atomic E-state index is 13.2. The van der Waals surface area contributed by atoms with Crippen molar-refractivity contribution in [1.29, 1.82) is 0 Å². The Morgan fingerprint density at radius 2 is 2.29 bits per heavy atom. The molecule has 0 fully saturated rings. The third-order valence-electron chi connectivity index (χ3n) is 1.51. The van der Waals surface area contributed by atoms with E-state index in [9.17, 15) is 4.39 Å². The summed E-state index contributed by atoms with van der Waals surface area (Å²) in [5.41, 5.74) is 0.281. The van der Waals surface area contributed by atoms with Crippen molar-refractivity contribution in [3.05, 3.63) is 29.0 Å². The van der Waals surface area contributed by atoms with Gasteiger partial charge in [-0.15, -0.1) is 0 Å². The Bertz CT molecular complexity index is 344. The minimum absolute atomic E-state index is 0.281. The van der Waals surface area contributed by atoms with E-state index >= 15 is 0 Å². The second-order valence-corrected chi connectivity index (χ2v) is 3.45. The normalized spacial score (nSPS) is 9.64. The van der Waals surface area contributed by atoms with Crippen molar-refractivity contribution in [3.63, 3.8) is 0 Å². The van der Waals surface area contributed by atoms with Crippen LogP contribution < -0.4 is 10.6 Å². The lowest BCUT2D eigenvalue weighted by atomic mass is 10.3. The molecule has 0 amide bonds. The molecule has 76 valence electrons. The molecule has 0 heterocycles. The van der Waals surface area contributed by atoms with Crippen molar-refractivity contribution in [2.75, 3.05) is 11.9 Å². The van der Waals surface area contributed by atoms with Gasteiger partial charge < -0.3 is 10.6 Å². The molecule has 2 nitrogen and oxygen atoms in total. The van der Waals surface area contributed by atoms with Crippen LogP contribution in [0.4, 0.5) is 10.1 Å². The smallest absolute Gasteiger partial charge is 0.170 e. The molecule has 14 heavy (non-hydrogen) atoms. The van der Waals surface area contributed by atoms with E-state index in [0.717, 1.165) is 0 Å². The molecule has 1 aromatic rings. The maximum absolute atomic E-state index is 13.2. The number of rotatable bonds is 2. The van der Waals surface area contributed by atoms with Crippen LogP contribution in [-0.2, 0) is 0 Å². The van der Waals surface area contributed by atoms with Crippen molar-refractivity contribution in [3.8, 4) is 0 Å². The number of anilines is 1. The Kier molecular flexibility index (Phi) is 4.10. The fourth-order valence-corrected chi connectivity index (χ4v) is 1.35. The number of nitrogens with one attached hydrogen (secondary N) is 2. The first-order valence-corrected chi connectivity index (χ1v) is 4.92. The molecular formula is C9H10ClFN2S. The first-order chi connectivity index (χ1) is 6.63. The molecule has 0 bridgehead atoms. The van der Waals surface area contributed by atoms with Gasteiger partial charge in [0.15, 0.2) is 5.11 Å². The van der Waals surface area contributed by atoms with E-state index in [4.69, 9.17) is 23.8 Å². The molecule has 0 radical (unpaired) electrons. The van der Waals surface area contributed by atoms with E-state index < -0.39 is 0 Å². The molecule has 0 aliphatic rings. The number of benzene rings is 1. The van der Waals surface area contributed by atoms with Crippen molar-refractivity contribution in [2.45, 2.75) is 6.92 Å². The number of halogens is 2. The molecule has 5 heteroatoms. The first-order valence-electron chi connectivity index (χ1n) is 4.13. The highest BCUT2D eigenvalue weighted by Crippen LogP contribution is 2.19. The van der Waals surface area contributed by atoms with Crippen LogP contribution in [0.1, 0.15) is 6.92 Å². The zero-order valence-corrected chi connectivity index (χ0v) is 9.18. The van der Waals surface area contributed by atoms with Crippen LogP contribution in [0.15, 0.2) is 18.2 Å². The van der Waals surface area contributed by atoms with Crippen LogP contribution in [0.25, 0.3) is 0 Å². The highest BCUT2D eigenvalue weighted by Gasteiger charge is 2.03. The Balaban J connectivity index is 2.75. The summed E-state index contributed by atoms with van der Waals surface area (Å²) >= 11 is 10.6. The van der Waals surface area contributed by atoms with Gasteiger partial charge in [-0.1, -0.05) is 11.6 Å². The van der Waals surface area contributed by atoms with Crippen LogP contribution in [0, 0.1) is 5.82 Å². The molecule has 0 unspecified atom stereocenters. The van der Waals surface area contributed by atoms with Crippen molar-refractivity contribution < 1.29 is 4.39 Å². The monoisotopic (exact) mass is 232 g/mol. The van der Waals surface area contributed by atoms with Crippen molar-refractivity contribution >= 4 is 34.6 Å². The van der Waals surface area contributed by atoms with E-state index in [2.05, 4.69) is 10.6 Å². The Labute approximate surface area is 92.5 Å². The zero-order chi connectivity index (χ0) is 10.6. The number of hydrogen-bond donors (Lipinski definition) is 2. The van der Waals surface area contributed by atoms with Gasteiger partial charge >= 0.3 is 0 Å². The summed E-state index contributed by atoms with van der Waals surface area (Å²) in [6.07, 6.45) is 0. The Hall–Kier alpha value is -0.870. The molecule has 0 saturated heterocycles. The van der Waals surface area contributed by atoms with E-state index in [-0.39, 0.29) is 11.5 Å². The fraction of sp³-hybridized carbons (Fsp3) is 0.222. The average molecular weight is 233 g/mol. The quantitative estimate of drug-likeness (QED) is 0.767. The van der Waals surface area contributed by atoms with Gasteiger partial charge in [0.1, 0.15) is 5.82 Å². The van der Waals surface area contributed by atoms with Gasteiger partial charge in [-0.3, -0.25) is 0 Å². The van der Waals surface area contributed by atoms with Crippen molar-refractivity contribution in [1.82, 2.24) is 5.32 Å². The third-order valence-corrected chi connectivity index (χ3v) is 2.00. The molecule has 0 aromatic heterocycles. The lowest BCUT2D eigenvalue weighted by Crippen LogP contribution is -2.28. The highest BCUT2D eigenvalue weighted by molar-refractivity contribution is 7.80. The lowest BCUT2D eigenvalue weighted by Gasteiger charge is -2.09. The van der Waals surface area contributed by atoms with Gasteiger partial charge in [-0.05, 0) is 37.3 Å². The van der Waals surface area contributed by atoms with E-state index in [1.807, 2.05) is 6.92 Å². The molecule has 1 rings (SSSR count). The summed E-state index contributed by atoms with van der Waals surface area (Å²) in [4.78, 5) is 0. The van der Waals surface area contributed by atoms with Gasteiger partial charge in [0, 0.05) is 11.6 Å².